The molecule has 0 radical (unpaired) electrons. The van der Waals surface area contributed by atoms with Crippen LogP contribution in [0.2, 0.25) is 0 Å². The average molecular weight is 621 g/mol. The monoisotopic (exact) mass is 620 g/mol. The number of rotatable bonds is 8. The Morgan fingerprint density at radius 2 is 0.809 bits per heavy atom. The van der Waals surface area contributed by atoms with Crippen molar-refractivity contribution in [2.45, 2.75) is 18.5 Å². The van der Waals surface area contributed by atoms with Crippen LogP contribution in [0.5, 0.6) is 5.75 Å². The summed E-state index contributed by atoms with van der Waals surface area (Å²) < 4.78 is 28.9. The lowest BCUT2D eigenvalue weighted by molar-refractivity contribution is -0.0443. The molecule has 0 N–H and O–H groups in total. The van der Waals surface area contributed by atoms with Crippen molar-refractivity contribution >= 4 is 22.3 Å². The molecule has 47 heavy (non-hydrogen) atoms. The average Bonchev–Trinajstić information content (AvgIpc) is 3.94. The maximum atomic E-state index is 5.83. The van der Waals surface area contributed by atoms with Gasteiger partial charge in [-0.05, 0) is 62.2 Å². The first-order chi connectivity index (χ1) is 23.3. The van der Waals surface area contributed by atoms with Crippen molar-refractivity contribution in [1.29, 1.82) is 0 Å². The molecule has 5 aromatic carbocycles. The van der Waals surface area contributed by atoms with Crippen LogP contribution in [-0.2, 0) is 18.9 Å². The fraction of sp³-hybridized carbons (Fsp3) is 0.190. The van der Waals surface area contributed by atoms with E-state index in [0.717, 1.165) is 28.0 Å². The summed E-state index contributed by atoms with van der Waals surface area (Å²) >= 11 is 0. The van der Waals surface area contributed by atoms with Crippen LogP contribution in [-0.4, -0.2) is 33.5 Å². The highest BCUT2D eigenvalue weighted by molar-refractivity contribution is 6.29. The number of methoxy groups -OCH3 is 1. The Labute approximate surface area is 275 Å². The molecule has 5 heteroatoms. The Hall–Kier alpha value is -4.78. The van der Waals surface area contributed by atoms with Gasteiger partial charge in [-0.25, -0.2) is 0 Å². The Kier molecular flexibility index (Phi) is 8.28. The molecule has 5 nitrogen and oxygen atoms in total. The third-order valence-electron chi connectivity index (χ3n) is 9.17. The van der Waals surface area contributed by atoms with Crippen molar-refractivity contribution in [2.75, 3.05) is 33.5 Å². The van der Waals surface area contributed by atoms with Crippen molar-refractivity contribution in [2.24, 2.45) is 0 Å². The molecule has 8 rings (SSSR count). The Balaban J connectivity index is 1.39. The van der Waals surface area contributed by atoms with Gasteiger partial charge in [-0.2, -0.15) is 0 Å². The van der Waals surface area contributed by atoms with E-state index in [2.05, 4.69) is 133 Å². The SMILES string of the molecule is COc1ccc(C2=C(c3ccc(C4OCCO4)cc3)C(c3ccccc3)=C(c3ccccc3)C2c2ccc(C3OCCO3)cc2)cc1. The first-order valence-electron chi connectivity index (χ1n) is 16.2. The van der Waals surface area contributed by atoms with Crippen LogP contribution in [0, 0.1) is 0 Å². The molecule has 1 aliphatic carbocycles. The highest BCUT2D eigenvalue weighted by Gasteiger charge is 2.38. The zero-order valence-corrected chi connectivity index (χ0v) is 26.3. The topological polar surface area (TPSA) is 46.2 Å². The predicted molar refractivity (Wildman–Crippen MR) is 184 cm³/mol. The molecule has 2 heterocycles. The fourth-order valence-electron chi connectivity index (χ4n) is 7.00. The molecule has 3 aliphatic rings. The minimum atomic E-state index is -0.328. The zero-order chi connectivity index (χ0) is 31.6. The molecule has 2 aliphatic heterocycles. The van der Waals surface area contributed by atoms with E-state index in [0.29, 0.717) is 26.4 Å². The van der Waals surface area contributed by atoms with Crippen molar-refractivity contribution < 1.29 is 23.7 Å². The Morgan fingerprint density at radius 3 is 1.30 bits per heavy atom. The van der Waals surface area contributed by atoms with Gasteiger partial charge in [-0.1, -0.05) is 121 Å². The largest absolute Gasteiger partial charge is 0.497 e. The van der Waals surface area contributed by atoms with Gasteiger partial charge in [0.2, 0.25) is 0 Å². The van der Waals surface area contributed by atoms with Crippen LogP contribution in [0.4, 0.5) is 0 Å². The van der Waals surface area contributed by atoms with E-state index in [1.54, 1.807) is 7.11 Å². The molecular weight excluding hydrogens is 584 g/mol. The molecule has 1 atom stereocenters. The summed E-state index contributed by atoms with van der Waals surface area (Å²) in [4.78, 5) is 0. The maximum absolute atomic E-state index is 5.83. The maximum Gasteiger partial charge on any atom is 0.184 e. The quantitative estimate of drug-likeness (QED) is 0.173. The summed E-state index contributed by atoms with van der Waals surface area (Å²) in [6.07, 6.45) is -0.652. The zero-order valence-electron chi connectivity index (χ0n) is 26.3. The first-order valence-corrected chi connectivity index (χ1v) is 16.2. The number of benzene rings is 5. The van der Waals surface area contributed by atoms with Gasteiger partial charge in [0, 0.05) is 17.0 Å². The van der Waals surface area contributed by atoms with E-state index in [9.17, 15) is 0 Å². The molecular formula is C42H36O5. The van der Waals surface area contributed by atoms with Gasteiger partial charge in [-0.15, -0.1) is 0 Å². The van der Waals surface area contributed by atoms with Crippen molar-refractivity contribution in [3.05, 3.63) is 172 Å². The smallest absolute Gasteiger partial charge is 0.184 e. The summed E-state index contributed by atoms with van der Waals surface area (Å²) in [6.45, 7) is 2.45. The molecule has 234 valence electrons. The normalized spacial score (nSPS) is 18.8. The van der Waals surface area contributed by atoms with E-state index in [4.69, 9.17) is 23.7 Å². The second-order valence-corrected chi connectivity index (χ2v) is 11.9. The molecule has 0 amide bonds. The molecule has 0 bridgehead atoms. The number of ether oxygens (including phenoxy) is 5. The summed E-state index contributed by atoms with van der Waals surface area (Å²) in [6, 6.07) is 47.5. The van der Waals surface area contributed by atoms with E-state index in [-0.39, 0.29) is 18.5 Å². The van der Waals surface area contributed by atoms with Crippen LogP contribution in [0.3, 0.4) is 0 Å². The Morgan fingerprint density at radius 1 is 0.426 bits per heavy atom. The lowest BCUT2D eigenvalue weighted by Gasteiger charge is -2.23. The van der Waals surface area contributed by atoms with Crippen molar-refractivity contribution in [3.63, 3.8) is 0 Å². The lowest BCUT2D eigenvalue weighted by atomic mass is 9.81. The van der Waals surface area contributed by atoms with E-state index < -0.39 is 0 Å². The Bertz CT molecular complexity index is 1880. The molecule has 2 saturated heterocycles. The third kappa shape index (κ3) is 5.73. The summed E-state index contributed by atoms with van der Waals surface area (Å²) in [5, 5.41) is 0. The minimum Gasteiger partial charge on any atom is -0.497 e. The van der Waals surface area contributed by atoms with Gasteiger partial charge in [-0.3, -0.25) is 0 Å². The predicted octanol–water partition coefficient (Wildman–Crippen LogP) is 9.11. The molecule has 0 saturated carbocycles. The molecule has 2 fully saturated rings. The van der Waals surface area contributed by atoms with E-state index >= 15 is 0 Å². The lowest BCUT2D eigenvalue weighted by Crippen LogP contribution is -2.05. The summed E-state index contributed by atoms with van der Waals surface area (Å²) in [7, 11) is 1.71. The van der Waals surface area contributed by atoms with Crippen LogP contribution < -0.4 is 4.74 Å². The number of allylic oxidation sites excluding steroid dienone is 4. The summed E-state index contributed by atoms with van der Waals surface area (Å²) in [5.74, 6) is 0.767. The minimum absolute atomic E-state index is 0.0587. The summed E-state index contributed by atoms with van der Waals surface area (Å²) in [5.41, 5.74) is 12.8. The van der Waals surface area contributed by atoms with E-state index in [1.807, 2.05) is 0 Å². The van der Waals surface area contributed by atoms with Gasteiger partial charge in [0.05, 0.1) is 33.5 Å². The highest BCUT2D eigenvalue weighted by Crippen LogP contribution is 2.58. The van der Waals surface area contributed by atoms with Crippen LogP contribution >= 0.6 is 0 Å². The standard InChI is InChI=1S/C42H36O5/c1-43-35-22-20-32(21-23-35)40-38(30-12-16-33(17-13-30)41-44-24-25-45-41)36(28-8-4-2-5-9-28)37(29-10-6-3-7-11-29)39(40)31-14-18-34(19-15-31)42-46-26-27-47-42/h2-23,38,41-42H,24-27H2,1H3. The van der Waals surface area contributed by atoms with E-state index in [1.165, 1.54) is 39.0 Å². The van der Waals surface area contributed by atoms with Crippen molar-refractivity contribution in [3.8, 4) is 5.75 Å². The molecule has 1 unspecified atom stereocenters. The van der Waals surface area contributed by atoms with Crippen molar-refractivity contribution in [1.82, 2.24) is 0 Å². The van der Waals surface area contributed by atoms with Crippen LogP contribution in [0.1, 0.15) is 57.4 Å². The fourth-order valence-corrected chi connectivity index (χ4v) is 7.00. The van der Waals surface area contributed by atoms with Gasteiger partial charge in [0.25, 0.3) is 0 Å². The third-order valence-corrected chi connectivity index (χ3v) is 9.17. The second kappa shape index (κ2) is 13.1. The molecule has 0 aromatic heterocycles. The van der Waals surface area contributed by atoms with Crippen LogP contribution in [0.25, 0.3) is 22.3 Å². The highest BCUT2D eigenvalue weighted by atomic mass is 16.7. The van der Waals surface area contributed by atoms with Gasteiger partial charge < -0.3 is 23.7 Å². The van der Waals surface area contributed by atoms with Crippen LogP contribution in [0.15, 0.2) is 133 Å². The molecule has 5 aromatic rings. The van der Waals surface area contributed by atoms with Gasteiger partial charge >= 0.3 is 0 Å². The first kappa shape index (κ1) is 29.6. The number of hydrogen-bond acceptors (Lipinski definition) is 5. The molecule has 0 spiro atoms. The number of hydrogen-bond donors (Lipinski definition) is 0. The second-order valence-electron chi connectivity index (χ2n) is 11.9. The van der Waals surface area contributed by atoms with Gasteiger partial charge in [0.1, 0.15) is 5.75 Å². The van der Waals surface area contributed by atoms with Gasteiger partial charge in [0.15, 0.2) is 12.6 Å².